The molecule has 0 unspecified atom stereocenters. The summed E-state index contributed by atoms with van der Waals surface area (Å²) in [5.41, 5.74) is -0.0880. The number of rotatable bonds is 7. The normalized spacial score (nSPS) is 18.1. The maximum atomic E-state index is 13.7. The number of amides is 1. The van der Waals surface area contributed by atoms with E-state index in [0.717, 1.165) is 11.8 Å². The number of alkyl halides is 1. The fourth-order valence-corrected chi connectivity index (χ4v) is 6.24. The van der Waals surface area contributed by atoms with Crippen LogP contribution in [-0.4, -0.2) is 91.5 Å². The first kappa shape index (κ1) is 27.5. The molecule has 1 aromatic heterocycles. The molecule has 2 saturated heterocycles. The Bertz CT molecular complexity index is 1220. The van der Waals surface area contributed by atoms with E-state index in [4.69, 9.17) is 15.6 Å². The highest BCUT2D eigenvalue weighted by Gasteiger charge is 2.43. The predicted molar refractivity (Wildman–Crippen MR) is 146 cm³/mol. The second kappa shape index (κ2) is 10.7. The summed E-state index contributed by atoms with van der Waals surface area (Å²) in [7, 11) is -3.67. The number of halogens is 1. The number of nitrogens with one attached hydrogen (secondary N) is 3. The molecule has 1 aromatic carbocycles. The average Bonchev–Trinajstić information content (AvgIpc) is 3.29. The predicted octanol–water partition coefficient (Wildman–Crippen LogP) is 3.37. The number of carbonyl (C=O) groups excluding carboxylic acids is 1. The summed E-state index contributed by atoms with van der Waals surface area (Å²) in [4.78, 5) is 16.4. The van der Waals surface area contributed by atoms with Gasteiger partial charge in [-0.2, -0.15) is 5.10 Å². The molecule has 0 aliphatic carbocycles. The van der Waals surface area contributed by atoms with E-state index in [2.05, 4.69) is 16.4 Å². The van der Waals surface area contributed by atoms with Crippen LogP contribution in [0.25, 0.3) is 10.9 Å². The van der Waals surface area contributed by atoms with Crippen LogP contribution in [0.1, 0.15) is 13.8 Å². The zero-order chi connectivity index (χ0) is 27.0. The minimum Gasteiger partial charge on any atom is -0.377 e. The summed E-state index contributed by atoms with van der Waals surface area (Å²) in [6.07, 6.45) is 2.91. The van der Waals surface area contributed by atoms with Gasteiger partial charge in [0, 0.05) is 43.2 Å². The third-order valence-electron chi connectivity index (χ3n) is 6.35. The molecule has 0 bridgehead atoms. The smallest absolute Gasteiger partial charge is 0.225 e. The number of anilines is 1. The SMILES string of the molecule is C=CC(=N)SC(=N)n1ncc2c(N3CCN(C(=O)C(C)C)CC3)cc(S(O)(O)NC3(CF)COC3)cc21. The van der Waals surface area contributed by atoms with Crippen molar-refractivity contribution in [3.8, 4) is 0 Å². The Morgan fingerprint density at radius 2 is 2.00 bits per heavy atom. The van der Waals surface area contributed by atoms with Crippen LogP contribution in [-0.2, 0) is 9.53 Å². The van der Waals surface area contributed by atoms with Gasteiger partial charge in [0.1, 0.15) is 12.2 Å². The second-order valence-corrected chi connectivity index (χ2v) is 12.2. The highest BCUT2D eigenvalue weighted by Crippen LogP contribution is 2.49. The first-order valence-corrected chi connectivity index (χ1v) is 14.1. The molecule has 14 heteroatoms. The minimum absolute atomic E-state index is 0.0171. The van der Waals surface area contributed by atoms with Gasteiger partial charge in [-0.1, -0.05) is 20.4 Å². The molecule has 0 saturated carbocycles. The lowest BCUT2D eigenvalue weighted by atomic mass is 10.0. The molecule has 0 spiro atoms. The van der Waals surface area contributed by atoms with Gasteiger partial charge in [0.05, 0.1) is 34.9 Å². The van der Waals surface area contributed by atoms with Crippen molar-refractivity contribution in [2.45, 2.75) is 24.3 Å². The van der Waals surface area contributed by atoms with Crippen LogP contribution in [0.5, 0.6) is 0 Å². The van der Waals surface area contributed by atoms with Crippen molar-refractivity contribution in [2.24, 2.45) is 5.92 Å². The zero-order valence-corrected chi connectivity index (χ0v) is 22.4. The summed E-state index contributed by atoms with van der Waals surface area (Å²) < 4.78 is 45.1. The second-order valence-electron chi connectivity index (χ2n) is 9.43. The van der Waals surface area contributed by atoms with E-state index in [-0.39, 0.29) is 40.1 Å². The molecule has 0 radical (unpaired) electrons. The number of hydrogen-bond donors (Lipinski definition) is 5. The molecule has 11 nitrogen and oxygen atoms in total. The lowest BCUT2D eigenvalue weighted by Crippen LogP contribution is -2.62. The van der Waals surface area contributed by atoms with Gasteiger partial charge in [0.2, 0.25) is 5.91 Å². The molecule has 5 N–H and O–H groups in total. The van der Waals surface area contributed by atoms with E-state index >= 15 is 0 Å². The van der Waals surface area contributed by atoms with Gasteiger partial charge in [0.15, 0.2) is 5.17 Å². The van der Waals surface area contributed by atoms with Crippen molar-refractivity contribution in [1.29, 1.82) is 10.8 Å². The van der Waals surface area contributed by atoms with Crippen LogP contribution < -0.4 is 9.62 Å². The van der Waals surface area contributed by atoms with E-state index in [1.807, 2.05) is 23.6 Å². The minimum atomic E-state index is -3.67. The van der Waals surface area contributed by atoms with Crippen molar-refractivity contribution in [2.75, 3.05) is 51.0 Å². The number of fused-ring (bicyclic) bond motifs is 1. The fourth-order valence-electron chi connectivity index (χ4n) is 4.27. The topological polar surface area (TPSA) is 151 Å². The summed E-state index contributed by atoms with van der Waals surface area (Å²) >= 11 is 0.851. The Kier molecular flexibility index (Phi) is 7.97. The molecule has 3 heterocycles. The number of carbonyl (C=O) groups is 1. The van der Waals surface area contributed by atoms with Gasteiger partial charge in [-0.05, 0) is 30.0 Å². The summed E-state index contributed by atoms with van der Waals surface area (Å²) in [6.45, 7) is 8.54. The fraction of sp³-hybridized carbons (Fsp3) is 0.478. The number of nitrogens with zero attached hydrogens (tertiary/aromatic N) is 4. The molecule has 2 aliphatic rings. The molecule has 37 heavy (non-hydrogen) atoms. The Hall–Kier alpha value is -2.49. The molecular formula is C23H32FN7O4S2. The molecule has 4 rings (SSSR count). The van der Waals surface area contributed by atoms with E-state index in [0.29, 0.717) is 42.8 Å². The third kappa shape index (κ3) is 5.54. The number of ether oxygens (including phenoxy) is 1. The highest BCUT2D eigenvalue weighted by atomic mass is 32.3. The number of hydrogen-bond acceptors (Lipinski definition) is 10. The molecule has 0 atom stereocenters. The maximum Gasteiger partial charge on any atom is 0.225 e. The van der Waals surface area contributed by atoms with Crippen LogP contribution in [0.4, 0.5) is 10.1 Å². The molecular weight excluding hydrogens is 521 g/mol. The molecule has 2 aromatic rings. The number of thioether (sulfide) groups is 1. The van der Waals surface area contributed by atoms with Gasteiger partial charge in [-0.15, -0.1) is 10.8 Å². The Morgan fingerprint density at radius 1 is 1.32 bits per heavy atom. The first-order valence-electron chi connectivity index (χ1n) is 11.7. The summed E-state index contributed by atoms with van der Waals surface area (Å²) in [5, 5.41) is 21.3. The van der Waals surface area contributed by atoms with E-state index in [1.165, 1.54) is 16.8 Å². The third-order valence-corrected chi connectivity index (χ3v) is 8.71. The van der Waals surface area contributed by atoms with Crippen LogP contribution in [0.15, 0.2) is 35.9 Å². The molecule has 2 aliphatic heterocycles. The van der Waals surface area contributed by atoms with Gasteiger partial charge in [-0.3, -0.25) is 24.7 Å². The zero-order valence-electron chi connectivity index (χ0n) is 20.7. The largest absolute Gasteiger partial charge is 0.377 e. The van der Waals surface area contributed by atoms with Crippen molar-refractivity contribution >= 4 is 55.2 Å². The maximum absolute atomic E-state index is 13.7. The van der Waals surface area contributed by atoms with Gasteiger partial charge >= 0.3 is 0 Å². The Balaban J connectivity index is 1.73. The van der Waals surface area contributed by atoms with Crippen LogP contribution in [0.2, 0.25) is 0 Å². The van der Waals surface area contributed by atoms with Crippen molar-refractivity contribution in [3.63, 3.8) is 0 Å². The first-order chi connectivity index (χ1) is 17.5. The van der Waals surface area contributed by atoms with Crippen molar-refractivity contribution in [3.05, 3.63) is 31.0 Å². The lowest BCUT2D eigenvalue weighted by molar-refractivity contribution is -0.134. The monoisotopic (exact) mass is 553 g/mol. The standard InChI is InChI=1S/C23H32FN7O4S2/c1-4-20(25)36-22(26)31-19-10-16(37(33,34)28-23(12-24)13-35-14-23)9-18(17(19)11-27-31)29-5-7-30(8-6-29)21(32)15(2)3/h4,9-11,15,25-26,28,33-34H,1,5-8,12-14H2,2-3H3. The Labute approximate surface area is 220 Å². The number of piperazine rings is 1. The molecule has 2 fully saturated rings. The van der Waals surface area contributed by atoms with Gasteiger partial charge in [0.25, 0.3) is 0 Å². The van der Waals surface area contributed by atoms with Crippen LogP contribution in [0.3, 0.4) is 0 Å². The molecule has 1 amide bonds. The van der Waals surface area contributed by atoms with E-state index in [1.54, 1.807) is 12.3 Å². The average molecular weight is 554 g/mol. The van der Waals surface area contributed by atoms with Gasteiger partial charge in [-0.25, -0.2) is 13.8 Å². The highest BCUT2D eigenvalue weighted by molar-refractivity contribution is 8.26. The molecule has 202 valence electrons. The lowest BCUT2D eigenvalue weighted by Gasteiger charge is -2.47. The van der Waals surface area contributed by atoms with E-state index in [9.17, 15) is 18.3 Å². The van der Waals surface area contributed by atoms with Crippen LogP contribution >= 0.6 is 22.5 Å². The number of benzene rings is 1. The summed E-state index contributed by atoms with van der Waals surface area (Å²) in [5.74, 6) is -0.0193. The van der Waals surface area contributed by atoms with Crippen LogP contribution in [0, 0.1) is 16.7 Å². The number of aromatic nitrogens is 2. The van der Waals surface area contributed by atoms with Crippen molar-refractivity contribution in [1.82, 2.24) is 19.4 Å². The van der Waals surface area contributed by atoms with Crippen molar-refractivity contribution < 1.29 is 23.0 Å². The van der Waals surface area contributed by atoms with Gasteiger partial charge < -0.3 is 14.5 Å². The quantitative estimate of drug-likeness (QED) is 0.259. The van der Waals surface area contributed by atoms with E-state index < -0.39 is 23.0 Å². The summed E-state index contributed by atoms with van der Waals surface area (Å²) in [6, 6.07) is 3.16. The Morgan fingerprint density at radius 3 is 2.54 bits per heavy atom.